The molecule has 2 aromatic carbocycles. The zero-order valence-electron chi connectivity index (χ0n) is 16.4. The molecule has 0 fully saturated rings. The molecule has 0 atom stereocenters. The number of anilines is 3. The minimum Gasteiger partial charge on any atom is -0.323 e. The molecule has 0 aliphatic carbocycles. The second kappa shape index (κ2) is 9.24. The Morgan fingerprint density at radius 1 is 0.750 bits per heavy atom. The van der Waals surface area contributed by atoms with Crippen molar-refractivity contribution >= 4 is 38.3 Å². The third-order valence-electron chi connectivity index (χ3n) is 4.19. The Morgan fingerprint density at radius 2 is 1.31 bits per heavy atom. The zero-order valence-corrected chi connectivity index (χ0v) is 17.2. The minimum atomic E-state index is -4.70. The van der Waals surface area contributed by atoms with Gasteiger partial charge in [-0.25, -0.2) is 29.9 Å². The highest BCUT2D eigenvalue weighted by Crippen LogP contribution is 2.34. The molecule has 2 heterocycles. The standard InChI is InChI=1S/C20H16N8O3S/c29-32(30,31)18(14-6-2-1-3-7-14)17(28-20-25-12-22-13-26-20)15-8-4-5-9-16(15)27-19-23-10-21-11-24-19/h1-13H,(H,29,30,31)(H,21,23,24,27)(H,22,25,26,28). The van der Waals surface area contributed by atoms with Gasteiger partial charge in [0.25, 0.3) is 10.1 Å². The van der Waals surface area contributed by atoms with Crippen LogP contribution in [0, 0.1) is 0 Å². The number of nitrogens with zero attached hydrogens (tertiary/aromatic N) is 6. The number of para-hydroxylation sites is 1. The second-order valence-electron chi connectivity index (χ2n) is 6.26. The van der Waals surface area contributed by atoms with E-state index in [1.165, 1.54) is 25.3 Å². The van der Waals surface area contributed by atoms with Gasteiger partial charge in [-0.3, -0.25) is 4.55 Å². The highest BCUT2D eigenvalue weighted by Gasteiger charge is 2.25. The lowest BCUT2D eigenvalue weighted by molar-refractivity contribution is 0.496. The summed E-state index contributed by atoms with van der Waals surface area (Å²) in [4.78, 5) is 23.3. The molecule has 0 saturated heterocycles. The summed E-state index contributed by atoms with van der Waals surface area (Å²) in [6.07, 6.45) is 5.17. The average Bonchev–Trinajstić information content (AvgIpc) is 2.80. The van der Waals surface area contributed by atoms with Crippen molar-refractivity contribution in [2.45, 2.75) is 0 Å². The van der Waals surface area contributed by atoms with Gasteiger partial charge in [-0.05, 0) is 11.6 Å². The summed E-state index contributed by atoms with van der Waals surface area (Å²) in [5, 5.41) is 5.94. The Labute approximate surface area is 183 Å². The van der Waals surface area contributed by atoms with Crippen molar-refractivity contribution in [3.05, 3.63) is 91.0 Å². The quantitative estimate of drug-likeness (QED) is 0.282. The van der Waals surface area contributed by atoms with E-state index in [9.17, 15) is 13.0 Å². The Balaban J connectivity index is 1.96. The first kappa shape index (κ1) is 21.0. The lowest BCUT2D eigenvalue weighted by atomic mass is 10.1. The Morgan fingerprint density at radius 3 is 1.94 bits per heavy atom. The second-order valence-corrected chi connectivity index (χ2v) is 7.62. The van der Waals surface area contributed by atoms with Crippen LogP contribution in [0.25, 0.3) is 10.6 Å². The van der Waals surface area contributed by atoms with Gasteiger partial charge in [-0.15, -0.1) is 0 Å². The highest BCUT2D eigenvalue weighted by atomic mass is 32.2. The van der Waals surface area contributed by atoms with Gasteiger partial charge in [-0.2, -0.15) is 8.42 Å². The third-order valence-corrected chi connectivity index (χ3v) is 5.14. The van der Waals surface area contributed by atoms with E-state index < -0.39 is 10.1 Å². The number of aromatic nitrogens is 6. The SMILES string of the molecule is O=S(=O)(O)C(=C(Nc1ncncn1)c1ccccc1Nc1ncncn1)c1ccccc1. The van der Waals surface area contributed by atoms with Gasteiger partial charge in [0.1, 0.15) is 30.2 Å². The van der Waals surface area contributed by atoms with Crippen LogP contribution in [-0.4, -0.2) is 42.9 Å². The van der Waals surface area contributed by atoms with E-state index in [2.05, 4.69) is 40.5 Å². The Kier molecular flexibility index (Phi) is 6.05. The fourth-order valence-electron chi connectivity index (χ4n) is 2.91. The molecule has 160 valence electrons. The van der Waals surface area contributed by atoms with Crippen LogP contribution in [0.2, 0.25) is 0 Å². The summed E-state index contributed by atoms with van der Waals surface area (Å²) in [7, 11) is -4.70. The maximum Gasteiger partial charge on any atom is 0.297 e. The molecule has 0 amide bonds. The maximum absolute atomic E-state index is 12.6. The summed E-state index contributed by atoms with van der Waals surface area (Å²) in [5.74, 6) is 0.335. The predicted molar refractivity (Wildman–Crippen MR) is 118 cm³/mol. The molecule has 12 heteroatoms. The molecule has 0 radical (unpaired) electrons. The molecular weight excluding hydrogens is 432 g/mol. The van der Waals surface area contributed by atoms with E-state index in [1.807, 2.05) is 0 Å². The van der Waals surface area contributed by atoms with E-state index in [1.54, 1.807) is 54.6 Å². The van der Waals surface area contributed by atoms with Crippen LogP contribution in [0.5, 0.6) is 0 Å². The minimum absolute atomic E-state index is 0.0436. The molecule has 3 N–H and O–H groups in total. The highest BCUT2D eigenvalue weighted by molar-refractivity contribution is 7.95. The van der Waals surface area contributed by atoms with Crippen molar-refractivity contribution < 1.29 is 13.0 Å². The molecule has 0 bridgehead atoms. The largest absolute Gasteiger partial charge is 0.323 e. The van der Waals surface area contributed by atoms with E-state index in [0.717, 1.165) is 0 Å². The van der Waals surface area contributed by atoms with Gasteiger partial charge < -0.3 is 10.6 Å². The van der Waals surface area contributed by atoms with Crippen LogP contribution >= 0.6 is 0 Å². The summed E-state index contributed by atoms with van der Waals surface area (Å²) in [6, 6.07) is 15.0. The van der Waals surface area contributed by atoms with Crippen molar-refractivity contribution in [1.82, 2.24) is 29.9 Å². The number of benzene rings is 2. The lowest BCUT2D eigenvalue weighted by Crippen LogP contribution is -2.13. The number of nitrogens with one attached hydrogen (secondary N) is 2. The molecule has 0 spiro atoms. The molecule has 32 heavy (non-hydrogen) atoms. The molecule has 0 saturated carbocycles. The van der Waals surface area contributed by atoms with Gasteiger partial charge in [-0.1, -0.05) is 48.5 Å². The van der Waals surface area contributed by atoms with Crippen molar-refractivity contribution in [3.63, 3.8) is 0 Å². The van der Waals surface area contributed by atoms with Crippen LogP contribution in [0.3, 0.4) is 0 Å². The predicted octanol–water partition coefficient (Wildman–Crippen LogP) is 2.63. The van der Waals surface area contributed by atoms with Gasteiger partial charge in [0.15, 0.2) is 0 Å². The molecule has 2 aromatic heterocycles. The van der Waals surface area contributed by atoms with Crippen molar-refractivity contribution in [1.29, 1.82) is 0 Å². The third kappa shape index (κ3) is 4.88. The molecule has 11 nitrogen and oxygen atoms in total. The fourth-order valence-corrected chi connectivity index (χ4v) is 3.76. The lowest BCUT2D eigenvalue weighted by Gasteiger charge is -2.18. The first-order chi connectivity index (χ1) is 15.5. The summed E-state index contributed by atoms with van der Waals surface area (Å²) in [5.41, 5.74) is 1.17. The normalized spacial score (nSPS) is 12.0. The molecule has 4 rings (SSSR count). The van der Waals surface area contributed by atoms with Gasteiger partial charge in [0.05, 0.1) is 11.4 Å². The van der Waals surface area contributed by atoms with Gasteiger partial charge in [0.2, 0.25) is 11.9 Å². The van der Waals surface area contributed by atoms with Crippen molar-refractivity contribution in [2.24, 2.45) is 0 Å². The van der Waals surface area contributed by atoms with Crippen molar-refractivity contribution in [2.75, 3.05) is 10.6 Å². The summed E-state index contributed by atoms with van der Waals surface area (Å²) in [6.45, 7) is 0. The number of rotatable bonds is 7. The fraction of sp³-hybridized carbons (Fsp3) is 0. The van der Waals surface area contributed by atoms with E-state index in [-0.39, 0.29) is 28.1 Å². The van der Waals surface area contributed by atoms with Crippen LogP contribution in [0.15, 0.2) is 79.9 Å². The number of hydrogen-bond acceptors (Lipinski definition) is 10. The van der Waals surface area contributed by atoms with Crippen molar-refractivity contribution in [3.8, 4) is 0 Å². The van der Waals surface area contributed by atoms with Crippen LogP contribution in [0.1, 0.15) is 11.1 Å². The number of hydrogen-bond donors (Lipinski definition) is 3. The molecule has 0 unspecified atom stereocenters. The van der Waals surface area contributed by atoms with E-state index in [0.29, 0.717) is 11.3 Å². The van der Waals surface area contributed by atoms with E-state index in [4.69, 9.17) is 0 Å². The summed E-state index contributed by atoms with van der Waals surface area (Å²) < 4.78 is 35.3. The van der Waals surface area contributed by atoms with Crippen LogP contribution < -0.4 is 10.6 Å². The summed E-state index contributed by atoms with van der Waals surface area (Å²) >= 11 is 0. The Hall–Kier alpha value is -4.29. The maximum atomic E-state index is 12.6. The topological polar surface area (TPSA) is 156 Å². The first-order valence-corrected chi connectivity index (χ1v) is 10.6. The Bertz CT molecular complexity index is 1340. The smallest absolute Gasteiger partial charge is 0.297 e. The average molecular weight is 448 g/mol. The first-order valence-electron chi connectivity index (χ1n) is 9.17. The molecule has 0 aliphatic rings. The van der Waals surface area contributed by atoms with Gasteiger partial charge in [0, 0.05) is 5.56 Å². The monoisotopic (exact) mass is 448 g/mol. The van der Waals surface area contributed by atoms with E-state index >= 15 is 0 Å². The van der Waals surface area contributed by atoms with Crippen LogP contribution in [-0.2, 0) is 10.1 Å². The molecule has 0 aliphatic heterocycles. The van der Waals surface area contributed by atoms with Crippen LogP contribution in [0.4, 0.5) is 17.6 Å². The molecular formula is C20H16N8O3S. The molecule has 4 aromatic rings. The van der Waals surface area contributed by atoms with Gasteiger partial charge >= 0.3 is 0 Å². The zero-order chi connectivity index (χ0) is 22.4.